The molecule has 426 valence electrons. The average Bonchev–Trinajstić information content (AvgIpc) is 3.59. The van der Waals surface area contributed by atoms with Gasteiger partial charge in [0.2, 0.25) is 0 Å². The third kappa shape index (κ3) is 17.5. The van der Waals surface area contributed by atoms with E-state index < -0.39 is 40.2 Å². The molecule has 0 saturated carbocycles. The molecule has 7 fully saturated rings. The van der Waals surface area contributed by atoms with Crippen molar-refractivity contribution in [1.29, 1.82) is 0 Å². The second-order valence-corrected chi connectivity index (χ2v) is 24.2. The van der Waals surface area contributed by atoms with Crippen LogP contribution in [0.5, 0.6) is 0 Å². The van der Waals surface area contributed by atoms with E-state index in [9.17, 15) is 35.1 Å². The summed E-state index contributed by atoms with van der Waals surface area (Å²) < 4.78 is 15.8. The quantitative estimate of drug-likeness (QED) is 0.124. The molecule has 7 saturated heterocycles. The Kier molecular flexibility index (Phi) is 22.6. The van der Waals surface area contributed by atoms with Crippen molar-refractivity contribution >= 4 is 59.4 Å². The standard InChI is InChI=1S/C20H29ClN2O4.C15H21ClN2O2.C11H14ClNO.C9H15NO3.CH4.ClH/c1-19(2,3)27-18(25)23-12-16(17(24)13-23)22-10-8-20(26,9-11-22)14-4-6-15(21)7-5-14;16-12-3-1-11(2-4-12)15(20)5-7-18(8-6-15)13-9-17-10-14(13)19;12-10-3-1-9(2-4-10)11(14)5-7-13-8-6-11;1-9(2,3)13-8(11)10-4-6-7(5-10)12-6;;/h4-7,16-17,24,26H,8-13H2,1-3H3;1-4,13-14,17,19-20H,5-10H2;1-4,13-14H,5-8H2;6-7H,4-5H2,1-3H3;1H4;1H/t16-,17-;13-,14-;;;;/m00..../s1. The summed E-state index contributed by atoms with van der Waals surface area (Å²) in [7, 11) is 0. The predicted molar refractivity (Wildman–Crippen MR) is 300 cm³/mol. The smallest absolute Gasteiger partial charge is 0.410 e. The largest absolute Gasteiger partial charge is 0.444 e. The molecule has 7 heterocycles. The van der Waals surface area contributed by atoms with Gasteiger partial charge in [0.15, 0.2) is 0 Å². The zero-order chi connectivity index (χ0) is 53.6. The number of nitrogens with one attached hydrogen (secondary N) is 2. The SMILES string of the molecule is C.CC(C)(C)OC(=O)N1CC2OC2C1.CC(C)(C)OC(=O)N1C[C@H](O)[C@@H](N2CCC(O)(c3ccc(Cl)cc3)CC2)C1.Cl.OC1(c2ccc(Cl)cc2)CCNCC1.O[C@H]1CNC[C@@H]1N1CCC(O)(c2ccc(Cl)cc2)CC1. The minimum Gasteiger partial charge on any atom is -0.444 e. The van der Waals surface area contributed by atoms with Crippen LogP contribution in [0.3, 0.4) is 0 Å². The van der Waals surface area contributed by atoms with Gasteiger partial charge in [-0.25, -0.2) is 9.59 Å². The van der Waals surface area contributed by atoms with Crippen molar-refractivity contribution in [3.63, 3.8) is 0 Å². The lowest BCUT2D eigenvalue weighted by Gasteiger charge is -2.41. The molecule has 0 radical (unpaired) electrons. The predicted octanol–water partition coefficient (Wildman–Crippen LogP) is 7.53. The Bertz CT molecular complexity index is 2280. The number of piperidine rings is 3. The highest BCUT2D eigenvalue weighted by Gasteiger charge is 2.50. The Morgan fingerprint density at radius 1 is 0.539 bits per heavy atom. The van der Waals surface area contributed by atoms with Crippen molar-refractivity contribution in [3.8, 4) is 0 Å². The monoisotopic (exact) mass is 1140 g/mol. The maximum atomic E-state index is 12.3. The zero-order valence-electron chi connectivity index (χ0n) is 44.2. The average molecular weight is 1140 g/mol. The van der Waals surface area contributed by atoms with Crippen molar-refractivity contribution in [1.82, 2.24) is 30.2 Å². The number of amides is 2. The Morgan fingerprint density at radius 2 is 0.895 bits per heavy atom. The Hall–Kier alpha value is -3.04. The van der Waals surface area contributed by atoms with Crippen LogP contribution in [-0.2, 0) is 31.0 Å². The van der Waals surface area contributed by atoms with Crippen LogP contribution in [0.2, 0.25) is 15.1 Å². The van der Waals surface area contributed by atoms with Crippen LogP contribution in [0, 0.1) is 0 Å². The summed E-state index contributed by atoms with van der Waals surface area (Å²) in [5.41, 5.74) is -0.474. The third-order valence-electron chi connectivity index (χ3n) is 15.0. The molecule has 7 aliphatic heterocycles. The number of fused-ring (bicyclic) bond motifs is 1. The molecule has 76 heavy (non-hydrogen) atoms. The summed E-state index contributed by atoms with van der Waals surface area (Å²) in [5.74, 6) is 0. The highest BCUT2D eigenvalue weighted by molar-refractivity contribution is 6.31. The molecular weight excluding hydrogens is 1060 g/mol. The Labute approximate surface area is 471 Å². The van der Waals surface area contributed by atoms with Crippen LogP contribution in [0.4, 0.5) is 9.59 Å². The van der Waals surface area contributed by atoms with Gasteiger partial charge in [0.25, 0.3) is 0 Å². The number of β-amino-alcohol motifs (C(OH)–C–C–N with tert-alkyl or cyclic N) is 2. The van der Waals surface area contributed by atoms with Gasteiger partial charge in [-0.15, -0.1) is 12.4 Å². The van der Waals surface area contributed by atoms with E-state index in [1.54, 1.807) is 21.9 Å². The van der Waals surface area contributed by atoms with Crippen molar-refractivity contribution in [2.24, 2.45) is 0 Å². The van der Waals surface area contributed by atoms with Gasteiger partial charge in [-0.2, -0.15) is 0 Å². The number of carbonyl (C=O) groups excluding carboxylic acids is 2. The number of hydrogen-bond donors (Lipinski definition) is 7. The number of nitrogens with zero attached hydrogens (tertiary/aromatic N) is 4. The van der Waals surface area contributed by atoms with Gasteiger partial charge in [-0.05, 0) is 146 Å². The van der Waals surface area contributed by atoms with Crippen molar-refractivity contribution < 1.29 is 49.3 Å². The molecule has 0 bridgehead atoms. The summed E-state index contributed by atoms with van der Waals surface area (Å²) in [4.78, 5) is 31.5. The molecule has 10 rings (SSSR count). The highest BCUT2D eigenvalue weighted by Crippen LogP contribution is 2.37. The number of morpholine rings is 1. The first-order valence-electron chi connectivity index (χ1n) is 26.1. The number of likely N-dealkylation sites (tertiary alicyclic amines) is 4. The number of hydrogen-bond acceptors (Lipinski definition) is 14. The first kappa shape index (κ1) is 63.8. The minimum absolute atomic E-state index is 0. The van der Waals surface area contributed by atoms with Gasteiger partial charge < -0.3 is 60.2 Å². The van der Waals surface area contributed by atoms with Gasteiger partial charge in [-0.3, -0.25) is 9.80 Å². The van der Waals surface area contributed by atoms with Crippen LogP contribution in [0.15, 0.2) is 72.8 Å². The zero-order valence-corrected chi connectivity index (χ0v) is 47.3. The third-order valence-corrected chi connectivity index (χ3v) is 15.7. The normalized spacial score (nSPS) is 26.6. The number of rotatable bonds is 5. The maximum absolute atomic E-state index is 12.3. The Balaban J connectivity index is 0.000000193. The van der Waals surface area contributed by atoms with Crippen LogP contribution in [0.1, 0.15) is 104 Å². The first-order chi connectivity index (χ1) is 34.8. The van der Waals surface area contributed by atoms with Crippen LogP contribution in [0.25, 0.3) is 0 Å². The van der Waals surface area contributed by atoms with E-state index in [-0.39, 0.29) is 62.9 Å². The molecule has 2 unspecified atom stereocenters. The fraction of sp³-hybridized carbons (Fsp3) is 0.643. The van der Waals surface area contributed by atoms with E-state index in [1.165, 1.54) is 0 Å². The summed E-state index contributed by atoms with van der Waals surface area (Å²) in [6, 6.07) is 22.3. The van der Waals surface area contributed by atoms with Crippen LogP contribution < -0.4 is 10.6 Å². The second-order valence-electron chi connectivity index (χ2n) is 22.8. The topological polar surface area (TPSA) is 203 Å². The van der Waals surface area contributed by atoms with E-state index in [0.29, 0.717) is 80.0 Å². The summed E-state index contributed by atoms with van der Waals surface area (Å²) in [6.07, 6.45) is 3.13. The molecule has 16 nitrogen and oxygen atoms in total. The molecule has 0 aliphatic carbocycles. The van der Waals surface area contributed by atoms with Crippen LogP contribution in [-0.4, -0.2) is 184 Å². The van der Waals surface area contributed by atoms with Crippen molar-refractivity contribution in [3.05, 3.63) is 105 Å². The summed E-state index contributed by atoms with van der Waals surface area (Å²) in [6.45, 7) is 19.4. The lowest BCUT2D eigenvalue weighted by atomic mass is 9.84. The number of aliphatic hydroxyl groups excluding tert-OH is 2. The van der Waals surface area contributed by atoms with Gasteiger partial charge in [0.1, 0.15) is 23.4 Å². The number of halogens is 4. The molecule has 7 aliphatic rings. The van der Waals surface area contributed by atoms with Crippen LogP contribution >= 0.6 is 47.2 Å². The number of benzene rings is 3. The van der Waals surface area contributed by atoms with E-state index in [4.69, 9.17) is 49.0 Å². The van der Waals surface area contributed by atoms with E-state index >= 15 is 0 Å². The molecule has 20 heteroatoms. The number of ether oxygens (including phenoxy) is 3. The molecule has 3 aromatic rings. The fourth-order valence-electron chi connectivity index (χ4n) is 10.6. The second kappa shape index (κ2) is 26.9. The van der Waals surface area contributed by atoms with Gasteiger partial charge in [-0.1, -0.05) is 78.6 Å². The van der Waals surface area contributed by atoms with Gasteiger partial charge in [0, 0.05) is 66.9 Å². The highest BCUT2D eigenvalue weighted by atomic mass is 35.5. The number of epoxide rings is 1. The van der Waals surface area contributed by atoms with E-state index in [2.05, 4.69) is 20.4 Å². The number of carbonyl (C=O) groups is 2. The maximum Gasteiger partial charge on any atom is 0.410 e. The molecule has 3 aromatic carbocycles. The molecule has 0 aromatic heterocycles. The van der Waals surface area contributed by atoms with Crippen molar-refractivity contribution in [2.75, 3.05) is 78.5 Å². The lowest BCUT2D eigenvalue weighted by Crippen LogP contribution is -2.51. The lowest BCUT2D eigenvalue weighted by molar-refractivity contribution is -0.0454. The first-order valence-corrected chi connectivity index (χ1v) is 27.3. The minimum atomic E-state index is -0.879. The summed E-state index contributed by atoms with van der Waals surface area (Å²) in [5, 5.41) is 61.1. The van der Waals surface area contributed by atoms with Gasteiger partial charge >= 0.3 is 12.2 Å². The molecule has 0 spiro atoms. The fourth-order valence-corrected chi connectivity index (χ4v) is 10.9. The molecule has 7 N–H and O–H groups in total. The summed E-state index contributed by atoms with van der Waals surface area (Å²) >= 11 is 17.6. The van der Waals surface area contributed by atoms with Crippen molar-refractivity contribution in [2.45, 2.75) is 152 Å². The molecular formula is C56H84Cl4N6O10. The van der Waals surface area contributed by atoms with E-state index in [1.807, 2.05) is 102 Å². The Morgan fingerprint density at radius 3 is 1.25 bits per heavy atom. The van der Waals surface area contributed by atoms with Gasteiger partial charge in [0.05, 0.1) is 54.7 Å². The molecule has 2 amide bonds. The van der Waals surface area contributed by atoms with E-state index in [0.717, 1.165) is 62.3 Å². The number of aliphatic hydroxyl groups is 5. The molecule has 6 atom stereocenters.